The SMILES string of the molecule is CCCN1C(=O)C2CC(Cl)CCC2N2C(SCC(=O)Nc3cccc(F)c3)=NNC12. The molecule has 0 radical (unpaired) electrons. The fourth-order valence-corrected chi connectivity index (χ4v) is 5.54. The molecule has 1 aliphatic carbocycles. The van der Waals surface area contributed by atoms with Crippen LogP contribution in [0.1, 0.15) is 32.6 Å². The van der Waals surface area contributed by atoms with Crippen molar-refractivity contribution in [2.45, 2.75) is 50.3 Å². The Labute approximate surface area is 184 Å². The first kappa shape index (κ1) is 21.2. The van der Waals surface area contributed by atoms with Gasteiger partial charge in [0, 0.05) is 23.7 Å². The number of benzene rings is 1. The van der Waals surface area contributed by atoms with E-state index < -0.39 is 5.82 Å². The van der Waals surface area contributed by atoms with Crippen LogP contribution in [0.5, 0.6) is 0 Å². The molecule has 1 saturated heterocycles. The molecule has 7 nitrogen and oxygen atoms in total. The predicted octanol–water partition coefficient (Wildman–Crippen LogP) is 2.99. The molecule has 1 saturated carbocycles. The zero-order valence-corrected chi connectivity index (χ0v) is 18.3. The Morgan fingerprint density at radius 1 is 1.43 bits per heavy atom. The predicted molar refractivity (Wildman–Crippen MR) is 116 cm³/mol. The lowest BCUT2D eigenvalue weighted by molar-refractivity contribution is -0.155. The minimum absolute atomic E-state index is 0.0101. The van der Waals surface area contributed by atoms with Gasteiger partial charge in [0.25, 0.3) is 0 Å². The molecule has 2 heterocycles. The summed E-state index contributed by atoms with van der Waals surface area (Å²) in [7, 11) is 0. The van der Waals surface area contributed by atoms with Crippen molar-refractivity contribution < 1.29 is 14.0 Å². The second-order valence-electron chi connectivity index (χ2n) is 7.77. The Balaban J connectivity index is 1.44. The highest BCUT2D eigenvalue weighted by molar-refractivity contribution is 8.14. The molecule has 3 aliphatic rings. The monoisotopic (exact) mass is 453 g/mol. The molecule has 4 atom stereocenters. The molecule has 162 valence electrons. The average Bonchev–Trinajstić information content (AvgIpc) is 3.13. The molecule has 2 amide bonds. The van der Waals surface area contributed by atoms with Gasteiger partial charge in [-0.25, -0.2) is 4.39 Å². The van der Waals surface area contributed by atoms with Gasteiger partial charge in [-0.1, -0.05) is 24.8 Å². The quantitative estimate of drug-likeness (QED) is 0.670. The van der Waals surface area contributed by atoms with Gasteiger partial charge in [-0.3, -0.25) is 15.0 Å². The van der Waals surface area contributed by atoms with Gasteiger partial charge >= 0.3 is 0 Å². The molecule has 2 N–H and O–H groups in total. The molecule has 4 unspecified atom stereocenters. The summed E-state index contributed by atoms with van der Waals surface area (Å²) in [5, 5.41) is 7.85. The summed E-state index contributed by atoms with van der Waals surface area (Å²) in [6.07, 6.45) is 2.85. The normalized spacial score (nSPS) is 27.8. The molecule has 1 aromatic carbocycles. The number of carbonyl (C=O) groups is 2. The van der Waals surface area contributed by atoms with Crippen molar-refractivity contribution in [1.82, 2.24) is 15.2 Å². The van der Waals surface area contributed by atoms with Gasteiger partial charge < -0.3 is 15.1 Å². The molecule has 10 heteroatoms. The summed E-state index contributed by atoms with van der Waals surface area (Å²) in [5.41, 5.74) is 3.50. The number of nitrogens with zero attached hydrogens (tertiary/aromatic N) is 3. The number of amides is 2. The van der Waals surface area contributed by atoms with Crippen LogP contribution in [0.15, 0.2) is 29.4 Å². The van der Waals surface area contributed by atoms with Gasteiger partial charge in [-0.2, -0.15) is 5.10 Å². The van der Waals surface area contributed by atoms with Crippen LogP contribution in [0, 0.1) is 11.7 Å². The number of rotatable bonds is 5. The summed E-state index contributed by atoms with van der Waals surface area (Å²) >= 11 is 7.69. The maximum atomic E-state index is 13.3. The number of carbonyl (C=O) groups excluding carboxylic acids is 2. The molecular formula is C20H25ClFN5O2S. The van der Waals surface area contributed by atoms with Crippen LogP contribution >= 0.6 is 23.4 Å². The number of hydrazone groups is 1. The summed E-state index contributed by atoms with van der Waals surface area (Å²) in [5.74, 6) is -0.529. The molecule has 0 bridgehead atoms. The third kappa shape index (κ3) is 4.23. The molecule has 0 aromatic heterocycles. The molecule has 1 aromatic rings. The van der Waals surface area contributed by atoms with Crippen molar-refractivity contribution in [2.75, 3.05) is 17.6 Å². The van der Waals surface area contributed by atoms with Gasteiger partial charge in [0.1, 0.15) is 5.82 Å². The molecule has 4 rings (SSSR count). The number of hydrogen-bond acceptors (Lipinski definition) is 6. The van der Waals surface area contributed by atoms with E-state index in [9.17, 15) is 14.0 Å². The van der Waals surface area contributed by atoms with Gasteiger partial charge in [-0.05, 0) is 43.9 Å². The summed E-state index contributed by atoms with van der Waals surface area (Å²) < 4.78 is 13.3. The second kappa shape index (κ2) is 9.01. The maximum absolute atomic E-state index is 13.3. The first-order valence-electron chi connectivity index (χ1n) is 10.2. The zero-order valence-electron chi connectivity index (χ0n) is 16.7. The third-order valence-corrected chi connectivity index (χ3v) is 7.03. The van der Waals surface area contributed by atoms with Gasteiger partial charge in [0.15, 0.2) is 11.5 Å². The number of amidine groups is 1. The fourth-order valence-electron chi connectivity index (χ4n) is 4.39. The second-order valence-corrected chi connectivity index (χ2v) is 9.33. The van der Waals surface area contributed by atoms with E-state index in [1.165, 1.54) is 23.9 Å². The summed E-state index contributed by atoms with van der Waals surface area (Å²) in [4.78, 5) is 29.4. The van der Waals surface area contributed by atoms with E-state index in [0.29, 0.717) is 23.8 Å². The number of nitrogens with one attached hydrogen (secondary N) is 2. The number of halogens is 2. The maximum Gasteiger partial charge on any atom is 0.234 e. The van der Waals surface area contributed by atoms with E-state index in [-0.39, 0.29) is 41.2 Å². The van der Waals surface area contributed by atoms with Crippen LogP contribution in [-0.2, 0) is 9.59 Å². The first-order valence-corrected chi connectivity index (χ1v) is 11.6. The lowest BCUT2D eigenvalue weighted by Gasteiger charge is -2.51. The zero-order chi connectivity index (χ0) is 21.3. The van der Waals surface area contributed by atoms with Crippen LogP contribution in [0.25, 0.3) is 0 Å². The van der Waals surface area contributed by atoms with Crippen molar-refractivity contribution >= 4 is 46.0 Å². The Morgan fingerprint density at radius 2 is 2.27 bits per heavy atom. The van der Waals surface area contributed by atoms with Gasteiger partial charge in [0.2, 0.25) is 11.8 Å². The third-order valence-electron chi connectivity index (χ3n) is 5.67. The largest absolute Gasteiger partial charge is 0.325 e. The number of alkyl halides is 1. The van der Waals surface area contributed by atoms with E-state index in [0.717, 1.165) is 19.3 Å². The lowest BCUT2D eigenvalue weighted by Crippen LogP contribution is -2.67. The topological polar surface area (TPSA) is 77.0 Å². The van der Waals surface area contributed by atoms with E-state index >= 15 is 0 Å². The van der Waals surface area contributed by atoms with Crippen LogP contribution in [0.4, 0.5) is 10.1 Å². The molecule has 2 fully saturated rings. The first-order chi connectivity index (χ1) is 14.5. The minimum atomic E-state index is -0.400. The molecule has 0 spiro atoms. The highest BCUT2D eigenvalue weighted by atomic mass is 35.5. The Morgan fingerprint density at radius 3 is 3.03 bits per heavy atom. The Hall–Kier alpha value is -2.00. The summed E-state index contributed by atoms with van der Waals surface area (Å²) in [6.45, 7) is 2.67. The molecular weight excluding hydrogens is 429 g/mol. The van der Waals surface area contributed by atoms with Crippen LogP contribution in [-0.4, -0.2) is 56.8 Å². The number of thioether (sulfide) groups is 1. The number of fused-ring (bicyclic) bond motifs is 3. The highest BCUT2D eigenvalue weighted by Gasteiger charge is 2.51. The molecule has 30 heavy (non-hydrogen) atoms. The number of hydrogen-bond donors (Lipinski definition) is 2. The van der Waals surface area contributed by atoms with Gasteiger partial charge in [0.05, 0.1) is 11.7 Å². The van der Waals surface area contributed by atoms with E-state index in [1.807, 2.05) is 11.8 Å². The molecule has 2 aliphatic heterocycles. The van der Waals surface area contributed by atoms with Crippen molar-refractivity contribution in [3.63, 3.8) is 0 Å². The van der Waals surface area contributed by atoms with Crippen LogP contribution in [0.2, 0.25) is 0 Å². The summed E-state index contributed by atoms with van der Waals surface area (Å²) in [6, 6.07) is 5.83. The highest BCUT2D eigenvalue weighted by Crippen LogP contribution is 2.40. The number of anilines is 1. The van der Waals surface area contributed by atoms with E-state index in [1.54, 1.807) is 12.1 Å². The Kier molecular flexibility index (Phi) is 6.38. The van der Waals surface area contributed by atoms with E-state index in [2.05, 4.69) is 20.7 Å². The van der Waals surface area contributed by atoms with Crippen LogP contribution < -0.4 is 10.7 Å². The van der Waals surface area contributed by atoms with Crippen molar-refractivity contribution in [2.24, 2.45) is 11.0 Å². The van der Waals surface area contributed by atoms with Gasteiger partial charge in [-0.15, -0.1) is 11.6 Å². The van der Waals surface area contributed by atoms with Crippen molar-refractivity contribution in [3.05, 3.63) is 30.1 Å². The lowest BCUT2D eigenvalue weighted by atomic mass is 9.81. The minimum Gasteiger partial charge on any atom is -0.325 e. The van der Waals surface area contributed by atoms with E-state index in [4.69, 9.17) is 11.6 Å². The van der Waals surface area contributed by atoms with Crippen molar-refractivity contribution in [3.8, 4) is 0 Å². The Bertz CT molecular complexity index is 856. The average molecular weight is 454 g/mol. The smallest absolute Gasteiger partial charge is 0.234 e. The standard InChI is InChI=1S/C20H25ClFN5O2S/c1-2-8-26-18(29)15-9-12(21)6-7-16(15)27-19(26)24-25-20(27)30-11-17(28)23-14-5-3-4-13(22)10-14/h3-5,10,12,15-16,19,24H,2,6-9,11H2,1H3,(H,23,28). The van der Waals surface area contributed by atoms with Crippen LogP contribution in [0.3, 0.4) is 0 Å². The van der Waals surface area contributed by atoms with Crippen molar-refractivity contribution in [1.29, 1.82) is 0 Å². The fraction of sp³-hybridized carbons (Fsp3) is 0.550.